The summed E-state index contributed by atoms with van der Waals surface area (Å²) in [5.74, 6) is -0.830. The Hall–Kier alpha value is -1.30. The van der Waals surface area contributed by atoms with Crippen molar-refractivity contribution < 1.29 is 19.4 Å². The predicted molar refractivity (Wildman–Crippen MR) is 73.2 cm³/mol. The number of hydrogen-bond acceptors (Lipinski definition) is 3. The number of aliphatic carboxylic acids is 1. The lowest BCUT2D eigenvalue weighted by Crippen LogP contribution is -2.44. The van der Waals surface area contributed by atoms with Crippen molar-refractivity contribution in [2.24, 2.45) is 0 Å². The average Bonchev–Trinajstić information content (AvgIpc) is 2.33. The highest BCUT2D eigenvalue weighted by atomic mass is 16.5. The minimum atomic E-state index is -0.830. The fraction of sp³-hybridized carbons (Fsp3) is 0.846. The van der Waals surface area contributed by atoms with Crippen LogP contribution in [-0.4, -0.2) is 54.9 Å². The molecule has 0 aromatic heterocycles. The van der Waals surface area contributed by atoms with Crippen LogP contribution in [0.3, 0.4) is 0 Å². The molecular weight excluding hydrogens is 248 g/mol. The maximum Gasteiger partial charge on any atom is 0.317 e. The van der Waals surface area contributed by atoms with Crippen LogP contribution in [0.4, 0.5) is 4.79 Å². The highest BCUT2D eigenvalue weighted by molar-refractivity contribution is 5.74. The van der Waals surface area contributed by atoms with Gasteiger partial charge in [-0.3, -0.25) is 4.79 Å². The average molecular weight is 274 g/mol. The molecule has 0 aromatic carbocycles. The molecule has 0 saturated carbocycles. The molecule has 6 nitrogen and oxygen atoms in total. The first-order chi connectivity index (χ1) is 8.99. The van der Waals surface area contributed by atoms with Gasteiger partial charge in [0.2, 0.25) is 0 Å². The number of amides is 2. The third-order valence-corrected chi connectivity index (χ3v) is 2.73. The van der Waals surface area contributed by atoms with Gasteiger partial charge in [-0.15, -0.1) is 0 Å². The summed E-state index contributed by atoms with van der Waals surface area (Å²) in [6, 6.07) is -0.0643. The third-order valence-electron chi connectivity index (χ3n) is 2.73. The lowest BCUT2D eigenvalue weighted by atomic mass is 10.2. The van der Waals surface area contributed by atoms with Crippen LogP contribution in [0.1, 0.15) is 39.5 Å². The smallest absolute Gasteiger partial charge is 0.317 e. The second-order valence-corrected chi connectivity index (χ2v) is 4.72. The van der Waals surface area contributed by atoms with Gasteiger partial charge in [-0.05, 0) is 33.1 Å². The number of unbranched alkanes of at least 4 members (excludes halogenated alkanes) is 1. The Morgan fingerprint density at radius 1 is 1.26 bits per heavy atom. The summed E-state index contributed by atoms with van der Waals surface area (Å²) in [6.45, 7) is 5.62. The molecule has 0 rings (SSSR count). The summed E-state index contributed by atoms with van der Waals surface area (Å²) in [6.07, 6.45) is 2.35. The van der Waals surface area contributed by atoms with Gasteiger partial charge in [0, 0.05) is 39.3 Å². The molecule has 0 aliphatic rings. The number of hydrogen-bond donors (Lipinski definition) is 2. The molecule has 112 valence electrons. The lowest BCUT2D eigenvalue weighted by Gasteiger charge is -2.26. The molecule has 2 N–H and O–H groups in total. The molecule has 0 spiro atoms. The van der Waals surface area contributed by atoms with E-state index in [9.17, 15) is 9.59 Å². The van der Waals surface area contributed by atoms with Crippen LogP contribution in [0.15, 0.2) is 0 Å². The van der Waals surface area contributed by atoms with E-state index < -0.39 is 5.97 Å². The van der Waals surface area contributed by atoms with E-state index in [0.717, 1.165) is 12.8 Å². The van der Waals surface area contributed by atoms with Gasteiger partial charge in [0.1, 0.15) is 0 Å². The fourth-order valence-corrected chi connectivity index (χ4v) is 1.66. The summed E-state index contributed by atoms with van der Waals surface area (Å²) >= 11 is 0. The first-order valence-corrected chi connectivity index (χ1v) is 6.74. The van der Waals surface area contributed by atoms with Crippen LogP contribution in [0.25, 0.3) is 0 Å². The highest BCUT2D eigenvalue weighted by Gasteiger charge is 2.16. The molecule has 0 aromatic rings. The van der Waals surface area contributed by atoms with Crippen LogP contribution >= 0.6 is 0 Å². The van der Waals surface area contributed by atoms with Crippen molar-refractivity contribution in [3.8, 4) is 0 Å². The van der Waals surface area contributed by atoms with E-state index in [1.807, 2.05) is 13.8 Å². The number of ether oxygens (including phenoxy) is 1. The number of urea groups is 1. The van der Waals surface area contributed by atoms with Gasteiger partial charge in [-0.2, -0.15) is 0 Å². The summed E-state index contributed by atoms with van der Waals surface area (Å²) in [5.41, 5.74) is 0. The zero-order chi connectivity index (χ0) is 14.7. The molecule has 0 radical (unpaired) electrons. The Labute approximate surface area is 115 Å². The number of nitrogens with zero attached hydrogens (tertiary/aromatic N) is 1. The normalized spacial score (nSPS) is 10.5. The van der Waals surface area contributed by atoms with Crippen molar-refractivity contribution in [2.75, 3.05) is 26.8 Å². The van der Waals surface area contributed by atoms with Crippen LogP contribution in [0, 0.1) is 0 Å². The molecule has 0 heterocycles. The Bertz CT molecular complexity index is 269. The van der Waals surface area contributed by atoms with E-state index in [1.165, 1.54) is 0 Å². The SMILES string of the molecule is COCCCCNC(=O)N(CCCC(=O)O)C(C)C. The molecule has 0 unspecified atom stereocenters. The fourth-order valence-electron chi connectivity index (χ4n) is 1.66. The Kier molecular flexibility index (Phi) is 9.88. The Morgan fingerprint density at radius 2 is 1.95 bits per heavy atom. The van der Waals surface area contributed by atoms with E-state index in [0.29, 0.717) is 26.1 Å². The minimum absolute atomic E-state index is 0.0628. The van der Waals surface area contributed by atoms with E-state index in [-0.39, 0.29) is 18.5 Å². The van der Waals surface area contributed by atoms with Gasteiger partial charge in [0.05, 0.1) is 0 Å². The quantitative estimate of drug-likeness (QED) is 0.594. The Morgan fingerprint density at radius 3 is 2.47 bits per heavy atom. The van der Waals surface area contributed by atoms with E-state index in [2.05, 4.69) is 5.32 Å². The molecule has 19 heavy (non-hydrogen) atoms. The van der Waals surface area contributed by atoms with Crippen LogP contribution < -0.4 is 5.32 Å². The number of nitrogens with one attached hydrogen (secondary N) is 1. The van der Waals surface area contributed by atoms with Crippen molar-refractivity contribution >= 4 is 12.0 Å². The number of carboxylic acid groups (broad SMARTS) is 1. The maximum atomic E-state index is 11.9. The van der Waals surface area contributed by atoms with Crippen molar-refractivity contribution in [1.82, 2.24) is 10.2 Å². The Balaban J connectivity index is 3.94. The summed E-state index contributed by atoms with van der Waals surface area (Å²) in [7, 11) is 1.65. The topological polar surface area (TPSA) is 78.9 Å². The monoisotopic (exact) mass is 274 g/mol. The van der Waals surface area contributed by atoms with Gasteiger partial charge in [0.15, 0.2) is 0 Å². The van der Waals surface area contributed by atoms with Crippen molar-refractivity contribution in [2.45, 2.75) is 45.6 Å². The molecule has 0 atom stereocenters. The number of carboxylic acids is 1. The largest absolute Gasteiger partial charge is 0.481 e. The number of carbonyl (C=O) groups is 2. The van der Waals surface area contributed by atoms with Gasteiger partial charge < -0.3 is 20.1 Å². The molecule has 0 aliphatic carbocycles. The van der Waals surface area contributed by atoms with Crippen LogP contribution in [0.2, 0.25) is 0 Å². The summed E-state index contributed by atoms with van der Waals surface area (Å²) in [5, 5.41) is 11.4. The van der Waals surface area contributed by atoms with Gasteiger partial charge in [-0.1, -0.05) is 0 Å². The lowest BCUT2D eigenvalue weighted by molar-refractivity contribution is -0.137. The van der Waals surface area contributed by atoms with Crippen molar-refractivity contribution in [3.05, 3.63) is 0 Å². The third kappa shape index (κ3) is 9.30. The predicted octanol–water partition coefficient (Wildman–Crippen LogP) is 1.70. The standard InChI is InChI=1S/C13H26N2O4/c1-11(2)15(9-6-7-12(16)17)13(18)14-8-4-5-10-19-3/h11H,4-10H2,1-3H3,(H,14,18)(H,16,17). The molecule has 0 bridgehead atoms. The summed E-state index contributed by atoms with van der Waals surface area (Å²) < 4.78 is 4.93. The highest BCUT2D eigenvalue weighted by Crippen LogP contribution is 2.02. The van der Waals surface area contributed by atoms with Gasteiger partial charge in [0.25, 0.3) is 0 Å². The van der Waals surface area contributed by atoms with E-state index in [4.69, 9.17) is 9.84 Å². The molecule has 0 aliphatic heterocycles. The summed E-state index contributed by atoms with van der Waals surface area (Å²) in [4.78, 5) is 24.1. The van der Waals surface area contributed by atoms with Gasteiger partial charge >= 0.3 is 12.0 Å². The zero-order valence-electron chi connectivity index (χ0n) is 12.1. The first-order valence-electron chi connectivity index (χ1n) is 6.74. The minimum Gasteiger partial charge on any atom is -0.481 e. The molecule has 6 heteroatoms. The maximum absolute atomic E-state index is 11.9. The van der Waals surface area contributed by atoms with Crippen LogP contribution in [0.5, 0.6) is 0 Å². The zero-order valence-corrected chi connectivity index (χ0v) is 12.1. The number of carbonyl (C=O) groups excluding carboxylic acids is 1. The second-order valence-electron chi connectivity index (χ2n) is 4.72. The van der Waals surface area contributed by atoms with Gasteiger partial charge in [-0.25, -0.2) is 4.79 Å². The molecule has 2 amide bonds. The number of rotatable bonds is 10. The number of methoxy groups -OCH3 is 1. The molecule has 0 fully saturated rings. The molecular formula is C13H26N2O4. The molecule has 0 saturated heterocycles. The first kappa shape index (κ1) is 17.7. The van der Waals surface area contributed by atoms with E-state index in [1.54, 1.807) is 12.0 Å². The van der Waals surface area contributed by atoms with Crippen molar-refractivity contribution in [1.29, 1.82) is 0 Å². The van der Waals surface area contributed by atoms with E-state index >= 15 is 0 Å². The van der Waals surface area contributed by atoms with Crippen molar-refractivity contribution in [3.63, 3.8) is 0 Å². The van der Waals surface area contributed by atoms with Crippen LogP contribution in [-0.2, 0) is 9.53 Å². The second kappa shape index (κ2) is 10.6.